The Kier molecular flexibility index (Phi) is 6.25. The predicted molar refractivity (Wildman–Crippen MR) is 125 cm³/mol. The van der Waals surface area contributed by atoms with E-state index in [0.717, 1.165) is 43.8 Å². The molecule has 2 atom stereocenters. The summed E-state index contributed by atoms with van der Waals surface area (Å²) in [6.07, 6.45) is 18.6. The molecule has 4 nitrogen and oxygen atoms in total. The average Bonchev–Trinajstić information content (AvgIpc) is 3.54. The van der Waals surface area contributed by atoms with Gasteiger partial charge in [0.25, 0.3) is 0 Å². The number of unbranched alkanes of at least 4 members (excludes halogenated alkanes) is 2. The number of pyridine rings is 1. The lowest BCUT2D eigenvalue weighted by Gasteiger charge is -2.57. The molecule has 2 amide bonds. The third-order valence-corrected chi connectivity index (χ3v) is 8.95. The molecule has 5 saturated carbocycles. The van der Waals surface area contributed by atoms with Gasteiger partial charge in [-0.3, -0.25) is 4.98 Å². The molecule has 4 bridgehead atoms. The number of urea groups is 1. The standard InChI is InChI=1S/C27H41N3O/c1-2-3-4-9-30(10-7-27-15-20-11-21(16-27)13-22(12-20)17-27)26(31)29-19-24-14-25(24)23-6-5-8-28-18-23/h5-6,8,18,20-22,24-25H,2-4,7,9-17,19H2,1H3,(H,29,31). The molecule has 1 aromatic rings. The maximum Gasteiger partial charge on any atom is 0.317 e. The minimum atomic E-state index is 0.178. The SMILES string of the molecule is CCCCCN(CCC12CC3CC(CC(C3)C1)C2)C(=O)NCC1CC1c1cccnc1. The molecule has 0 aromatic carbocycles. The summed E-state index contributed by atoms with van der Waals surface area (Å²) in [6, 6.07) is 4.36. The van der Waals surface area contributed by atoms with Crippen molar-refractivity contribution in [1.82, 2.24) is 15.2 Å². The van der Waals surface area contributed by atoms with Crippen LogP contribution in [0.1, 0.15) is 89.0 Å². The van der Waals surface area contributed by atoms with Gasteiger partial charge in [0.15, 0.2) is 0 Å². The smallest absolute Gasteiger partial charge is 0.317 e. The molecule has 0 saturated heterocycles. The number of nitrogens with one attached hydrogen (secondary N) is 1. The Morgan fingerprint density at radius 1 is 1.10 bits per heavy atom. The first kappa shape index (κ1) is 21.3. The van der Waals surface area contributed by atoms with Crippen LogP contribution in [0.25, 0.3) is 0 Å². The number of hydrogen-bond donors (Lipinski definition) is 1. The van der Waals surface area contributed by atoms with Crippen LogP contribution in [0.2, 0.25) is 0 Å². The van der Waals surface area contributed by atoms with Gasteiger partial charge in [0.1, 0.15) is 0 Å². The van der Waals surface area contributed by atoms with Crippen LogP contribution in [-0.4, -0.2) is 35.5 Å². The lowest BCUT2D eigenvalue weighted by atomic mass is 9.49. The maximum atomic E-state index is 13.1. The van der Waals surface area contributed by atoms with Gasteiger partial charge in [-0.1, -0.05) is 25.8 Å². The van der Waals surface area contributed by atoms with Crippen molar-refractivity contribution in [3.63, 3.8) is 0 Å². The first-order valence-electron chi connectivity index (χ1n) is 13.1. The molecule has 0 aliphatic heterocycles. The Labute approximate surface area is 188 Å². The van der Waals surface area contributed by atoms with E-state index >= 15 is 0 Å². The Morgan fingerprint density at radius 2 is 1.84 bits per heavy atom. The van der Waals surface area contributed by atoms with Crippen molar-refractivity contribution >= 4 is 6.03 Å². The fraction of sp³-hybridized carbons (Fsp3) is 0.778. The first-order valence-corrected chi connectivity index (χ1v) is 13.1. The van der Waals surface area contributed by atoms with E-state index in [0.29, 0.717) is 17.3 Å². The molecule has 4 heteroatoms. The second-order valence-corrected chi connectivity index (χ2v) is 11.4. The molecule has 0 radical (unpaired) electrons. The average molecular weight is 424 g/mol. The lowest BCUT2D eigenvalue weighted by molar-refractivity contribution is -0.0596. The molecular weight excluding hydrogens is 382 g/mol. The minimum absolute atomic E-state index is 0.178. The highest BCUT2D eigenvalue weighted by molar-refractivity contribution is 5.74. The number of rotatable bonds is 10. The van der Waals surface area contributed by atoms with Crippen LogP contribution in [0.5, 0.6) is 0 Å². The molecule has 5 aliphatic carbocycles. The fourth-order valence-corrected chi connectivity index (χ4v) is 7.64. The van der Waals surface area contributed by atoms with Crippen molar-refractivity contribution in [3.8, 4) is 0 Å². The Balaban J connectivity index is 1.13. The van der Waals surface area contributed by atoms with Gasteiger partial charge in [0.2, 0.25) is 0 Å². The summed E-state index contributed by atoms with van der Waals surface area (Å²) in [5, 5.41) is 3.30. The summed E-state index contributed by atoms with van der Waals surface area (Å²) < 4.78 is 0. The minimum Gasteiger partial charge on any atom is -0.338 e. The number of amides is 2. The number of carbonyl (C=O) groups excluding carboxylic acids is 1. The summed E-state index contributed by atoms with van der Waals surface area (Å²) >= 11 is 0. The van der Waals surface area contributed by atoms with Gasteiger partial charge < -0.3 is 10.2 Å². The quantitative estimate of drug-likeness (QED) is 0.470. The fourth-order valence-electron chi connectivity index (χ4n) is 7.64. The van der Waals surface area contributed by atoms with Crippen molar-refractivity contribution < 1.29 is 4.79 Å². The highest BCUT2D eigenvalue weighted by atomic mass is 16.2. The van der Waals surface area contributed by atoms with Crippen molar-refractivity contribution in [1.29, 1.82) is 0 Å². The second-order valence-electron chi connectivity index (χ2n) is 11.4. The zero-order valence-electron chi connectivity index (χ0n) is 19.4. The third kappa shape index (κ3) is 4.93. The van der Waals surface area contributed by atoms with Crippen molar-refractivity contribution in [2.75, 3.05) is 19.6 Å². The van der Waals surface area contributed by atoms with Crippen molar-refractivity contribution in [2.24, 2.45) is 29.1 Å². The van der Waals surface area contributed by atoms with Gasteiger partial charge in [0, 0.05) is 32.0 Å². The van der Waals surface area contributed by atoms with Crippen LogP contribution in [0, 0.1) is 29.1 Å². The van der Waals surface area contributed by atoms with Gasteiger partial charge >= 0.3 is 6.03 Å². The molecular formula is C27H41N3O. The summed E-state index contributed by atoms with van der Waals surface area (Å²) in [5.41, 5.74) is 1.88. The number of nitrogens with zero attached hydrogens (tertiary/aromatic N) is 2. The van der Waals surface area contributed by atoms with Crippen LogP contribution in [0.3, 0.4) is 0 Å². The van der Waals surface area contributed by atoms with Crippen molar-refractivity contribution in [2.45, 2.75) is 83.5 Å². The van der Waals surface area contributed by atoms with Crippen LogP contribution >= 0.6 is 0 Å². The third-order valence-electron chi connectivity index (χ3n) is 8.95. The molecule has 1 N–H and O–H groups in total. The van der Waals surface area contributed by atoms with Crippen LogP contribution < -0.4 is 5.32 Å². The molecule has 6 rings (SSSR count). The molecule has 31 heavy (non-hydrogen) atoms. The second kappa shape index (κ2) is 9.11. The number of aromatic nitrogens is 1. The molecule has 1 heterocycles. The van der Waals surface area contributed by atoms with Gasteiger partial charge in [0.05, 0.1) is 0 Å². The van der Waals surface area contributed by atoms with Gasteiger partial charge in [-0.15, -0.1) is 0 Å². The Bertz CT molecular complexity index is 713. The zero-order valence-corrected chi connectivity index (χ0v) is 19.4. The summed E-state index contributed by atoms with van der Waals surface area (Å²) in [6.45, 7) is 4.92. The van der Waals surface area contributed by atoms with E-state index in [1.54, 1.807) is 0 Å². The van der Waals surface area contributed by atoms with E-state index in [1.165, 1.54) is 69.8 Å². The van der Waals surface area contributed by atoms with Crippen LogP contribution in [-0.2, 0) is 0 Å². The van der Waals surface area contributed by atoms with Crippen LogP contribution in [0.4, 0.5) is 4.79 Å². The Hall–Kier alpha value is -1.58. The molecule has 2 unspecified atom stereocenters. The van der Waals surface area contributed by atoms with E-state index in [9.17, 15) is 4.79 Å². The normalized spacial score (nSPS) is 35.2. The molecule has 170 valence electrons. The molecule has 0 spiro atoms. The highest BCUT2D eigenvalue weighted by Gasteiger charge is 2.50. The van der Waals surface area contributed by atoms with E-state index in [-0.39, 0.29) is 6.03 Å². The predicted octanol–water partition coefficient (Wildman–Crippen LogP) is 5.99. The van der Waals surface area contributed by atoms with Gasteiger partial charge in [-0.25, -0.2) is 4.79 Å². The summed E-state index contributed by atoms with van der Waals surface area (Å²) in [5.74, 6) is 4.14. The van der Waals surface area contributed by atoms with Gasteiger partial charge in [-0.2, -0.15) is 0 Å². The maximum absolute atomic E-state index is 13.1. The topological polar surface area (TPSA) is 45.2 Å². The Morgan fingerprint density at radius 3 is 2.48 bits per heavy atom. The molecule has 1 aromatic heterocycles. The summed E-state index contributed by atoms with van der Waals surface area (Å²) in [7, 11) is 0. The number of hydrogen-bond acceptors (Lipinski definition) is 2. The highest BCUT2D eigenvalue weighted by Crippen LogP contribution is 2.61. The molecule has 5 aliphatic rings. The van der Waals surface area contributed by atoms with E-state index in [1.807, 2.05) is 18.5 Å². The molecule has 5 fully saturated rings. The monoisotopic (exact) mass is 423 g/mol. The lowest BCUT2D eigenvalue weighted by Crippen LogP contribution is -2.48. The number of carbonyl (C=O) groups is 1. The zero-order chi connectivity index (χ0) is 21.3. The van der Waals surface area contributed by atoms with Crippen LogP contribution in [0.15, 0.2) is 24.5 Å². The van der Waals surface area contributed by atoms with Crippen molar-refractivity contribution in [3.05, 3.63) is 30.1 Å². The van der Waals surface area contributed by atoms with Gasteiger partial charge in [-0.05, 0) is 104 Å². The van der Waals surface area contributed by atoms with E-state index < -0.39 is 0 Å². The largest absolute Gasteiger partial charge is 0.338 e. The van der Waals surface area contributed by atoms with E-state index in [4.69, 9.17) is 0 Å². The van der Waals surface area contributed by atoms with E-state index in [2.05, 4.69) is 28.2 Å². The summed E-state index contributed by atoms with van der Waals surface area (Å²) in [4.78, 5) is 19.5. The first-order chi connectivity index (χ1) is 15.1.